The lowest BCUT2D eigenvalue weighted by Crippen LogP contribution is -2.39. The van der Waals surface area contributed by atoms with Crippen LogP contribution >= 0.6 is 0 Å². The van der Waals surface area contributed by atoms with E-state index in [-0.39, 0.29) is 11.3 Å². The van der Waals surface area contributed by atoms with Gasteiger partial charge in [0.2, 0.25) is 5.91 Å². The van der Waals surface area contributed by atoms with Gasteiger partial charge < -0.3 is 15.8 Å². The molecule has 0 saturated carbocycles. The van der Waals surface area contributed by atoms with Crippen LogP contribution in [0.4, 0.5) is 5.69 Å². The molecule has 1 aromatic carbocycles. The fourth-order valence-electron chi connectivity index (χ4n) is 2.83. The average Bonchev–Trinajstić information content (AvgIpc) is 2.79. The summed E-state index contributed by atoms with van der Waals surface area (Å²) >= 11 is 0. The Morgan fingerprint density at radius 2 is 2.25 bits per heavy atom. The first-order valence-corrected chi connectivity index (χ1v) is 6.85. The van der Waals surface area contributed by atoms with Crippen LogP contribution in [0.25, 0.3) is 0 Å². The lowest BCUT2D eigenvalue weighted by Gasteiger charge is -2.23. The Morgan fingerprint density at radius 3 is 2.90 bits per heavy atom. The standard InChI is InChI=1S/C15H23N3O2/c1-15(14(19)17-2)4-5-18(10-15)9-11-6-12(16)8-13(7-11)20-3/h6-8H,4-5,9-10,16H2,1-3H3,(H,17,19). The van der Waals surface area contributed by atoms with Crippen molar-refractivity contribution in [2.45, 2.75) is 19.9 Å². The van der Waals surface area contributed by atoms with E-state index in [1.807, 2.05) is 25.1 Å². The second-order valence-electron chi connectivity index (χ2n) is 5.71. The number of methoxy groups -OCH3 is 1. The Hall–Kier alpha value is -1.75. The molecule has 1 saturated heterocycles. The molecule has 1 heterocycles. The summed E-state index contributed by atoms with van der Waals surface area (Å²) in [6, 6.07) is 5.76. The highest BCUT2D eigenvalue weighted by molar-refractivity contribution is 5.82. The molecule has 5 heteroatoms. The first-order chi connectivity index (χ1) is 9.46. The maximum atomic E-state index is 11.9. The number of hydrogen-bond donors (Lipinski definition) is 2. The summed E-state index contributed by atoms with van der Waals surface area (Å²) in [5.41, 5.74) is 7.39. The molecule has 2 rings (SSSR count). The minimum absolute atomic E-state index is 0.116. The maximum absolute atomic E-state index is 11.9. The lowest BCUT2D eigenvalue weighted by atomic mass is 9.89. The fraction of sp³-hybridized carbons (Fsp3) is 0.533. The van der Waals surface area contributed by atoms with Gasteiger partial charge in [-0.3, -0.25) is 9.69 Å². The first-order valence-electron chi connectivity index (χ1n) is 6.85. The number of amides is 1. The van der Waals surface area contributed by atoms with Gasteiger partial charge in [0.05, 0.1) is 12.5 Å². The minimum Gasteiger partial charge on any atom is -0.497 e. The molecule has 110 valence electrons. The Kier molecular flexibility index (Phi) is 4.18. The summed E-state index contributed by atoms with van der Waals surface area (Å²) in [5, 5.41) is 2.75. The van der Waals surface area contributed by atoms with Gasteiger partial charge >= 0.3 is 0 Å². The van der Waals surface area contributed by atoms with Crippen molar-refractivity contribution in [3.05, 3.63) is 23.8 Å². The molecular weight excluding hydrogens is 254 g/mol. The van der Waals surface area contributed by atoms with Crippen molar-refractivity contribution < 1.29 is 9.53 Å². The number of carbonyl (C=O) groups excluding carboxylic acids is 1. The van der Waals surface area contributed by atoms with E-state index in [2.05, 4.69) is 10.2 Å². The van der Waals surface area contributed by atoms with Crippen LogP contribution in [-0.2, 0) is 11.3 Å². The summed E-state index contributed by atoms with van der Waals surface area (Å²) < 4.78 is 5.23. The number of anilines is 1. The number of likely N-dealkylation sites (tertiary alicyclic amines) is 1. The highest BCUT2D eigenvalue weighted by Crippen LogP contribution is 2.31. The number of nitrogens with one attached hydrogen (secondary N) is 1. The monoisotopic (exact) mass is 277 g/mol. The maximum Gasteiger partial charge on any atom is 0.227 e. The van der Waals surface area contributed by atoms with E-state index in [1.165, 1.54) is 0 Å². The molecule has 3 N–H and O–H groups in total. The topological polar surface area (TPSA) is 67.6 Å². The van der Waals surface area contributed by atoms with Crippen molar-refractivity contribution in [3.8, 4) is 5.75 Å². The van der Waals surface area contributed by atoms with E-state index in [0.29, 0.717) is 5.69 Å². The number of nitrogens with zero attached hydrogens (tertiary/aromatic N) is 1. The van der Waals surface area contributed by atoms with Gasteiger partial charge in [-0.05, 0) is 37.6 Å². The molecule has 0 bridgehead atoms. The third-order valence-corrected chi connectivity index (χ3v) is 3.96. The van der Waals surface area contributed by atoms with Crippen LogP contribution in [0, 0.1) is 5.41 Å². The number of nitrogens with two attached hydrogens (primary N) is 1. The van der Waals surface area contributed by atoms with E-state index in [4.69, 9.17) is 10.5 Å². The van der Waals surface area contributed by atoms with Crippen molar-refractivity contribution in [2.24, 2.45) is 5.41 Å². The summed E-state index contributed by atoms with van der Waals surface area (Å²) in [5.74, 6) is 0.887. The molecule has 1 fully saturated rings. The SMILES string of the molecule is CNC(=O)C1(C)CCN(Cc2cc(N)cc(OC)c2)C1. The van der Waals surface area contributed by atoms with Crippen LogP contribution in [0.5, 0.6) is 5.75 Å². The van der Waals surface area contributed by atoms with E-state index in [9.17, 15) is 4.79 Å². The molecule has 20 heavy (non-hydrogen) atoms. The smallest absolute Gasteiger partial charge is 0.227 e. The third kappa shape index (κ3) is 3.04. The van der Waals surface area contributed by atoms with Gasteiger partial charge in [0, 0.05) is 31.9 Å². The zero-order chi connectivity index (χ0) is 14.8. The zero-order valence-electron chi connectivity index (χ0n) is 12.4. The quantitative estimate of drug-likeness (QED) is 0.812. The van der Waals surface area contributed by atoms with Crippen molar-refractivity contribution in [2.75, 3.05) is 33.0 Å². The summed E-state index contributed by atoms with van der Waals surface area (Å²) in [6.07, 6.45) is 0.881. The van der Waals surface area contributed by atoms with Gasteiger partial charge in [-0.1, -0.05) is 0 Å². The van der Waals surface area contributed by atoms with E-state index >= 15 is 0 Å². The molecular formula is C15H23N3O2. The molecule has 1 atom stereocenters. The van der Waals surface area contributed by atoms with E-state index < -0.39 is 0 Å². The molecule has 1 aromatic rings. The Morgan fingerprint density at radius 1 is 1.50 bits per heavy atom. The fourth-order valence-corrected chi connectivity index (χ4v) is 2.83. The molecule has 1 aliphatic rings. The van der Waals surface area contributed by atoms with Gasteiger partial charge in [-0.25, -0.2) is 0 Å². The predicted octanol–water partition coefficient (Wildman–Crippen LogP) is 1.24. The van der Waals surface area contributed by atoms with Crippen LogP contribution in [-0.4, -0.2) is 38.1 Å². The number of carbonyl (C=O) groups is 1. The third-order valence-electron chi connectivity index (χ3n) is 3.96. The highest BCUT2D eigenvalue weighted by Gasteiger charge is 2.39. The van der Waals surface area contributed by atoms with E-state index in [0.717, 1.165) is 37.4 Å². The minimum atomic E-state index is -0.292. The molecule has 0 aliphatic carbocycles. The van der Waals surface area contributed by atoms with Crippen LogP contribution < -0.4 is 15.8 Å². The molecule has 0 aromatic heterocycles. The molecule has 5 nitrogen and oxygen atoms in total. The summed E-state index contributed by atoms with van der Waals surface area (Å²) in [7, 11) is 3.33. The van der Waals surface area contributed by atoms with Gasteiger partial charge in [0.1, 0.15) is 5.75 Å². The van der Waals surface area contributed by atoms with Crippen LogP contribution in [0.15, 0.2) is 18.2 Å². The van der Waals surface area contributed by atoms with Crippen molar-refractivity contribution in [1.29, 1.82) is 0 Å². The summed E-state index contributed by atoms with van der Waals surface area (Å²) in [4.78, 5) is 14.2. The second-order valence-corrected chi connectivity index (χ2v) is 5.71. The number of rotatable bonds is 4. The Bertz CT molecular complexity index is 504. The summed E-state index contributed by atoms with van der Waals surface area (Å²) in [6.45, 7) is 4.49. The Labute approximate surface area is 120 Å². The van der Waals surface area contributed by atoms with Gasteiger partial charge in [0.25, 0.3) is 0 Å². The second kappa shape index (κ2) is 5.71. The van der Waals surface area contributed by atoms with Gasteiger partial charge in [0.15, 0.2) is 0 Å². The zero-order valence-corrected chi connectivity index (χ0v) is 12.4. The molecule has 0 radical (unpaired) electrons. The van der Waals surface area contributed by atoms with Crippen molar-refractivity contribution in [1.82, 2.24) is 10.2 Å². The Balaban J connectivity index is 2.05. The number of ether oxygens (including phenoxy) is 1. The molecule has 0 spiro atoms. The number of benzene rings is 1. The van der Waals surface area contributed by atoms with Crippen LogP contribution in [0.2, 0.25) is 0 Å². The molecule has 1 unspecified atom stereocenters. The van der Waals surface area contributed by atoms with Gasteiger partial charge in [-0.15, -0.1) is 0 Å². The van der Waals surface area contributed by atoms with E-state index in [1.54, 1.807) is 14.2 Å². The average molecular weight is 277 g/mol. The lowest BCUT2D eigenvalue weighted by molar-refractivity contribution is -0.129. The largest absolute Gasteiger partial charge is 0.497 e. The normalized spacial score (nSPS) is 22.8. The molecule has 1 aliphatic heterocycles. The first kappa shape index (κ1) is 14.7. The molecule has 1 amide bonds. The van der Waals surface area contributed by atoms with Crippen LogP contribution in [0.1, 0.15) is 18.9 Å². The van der Waals surface area contributed by atoms with Crippen LogP contribution in [0.3, 0.4) is 0 Å². The van der Waals surface area contributed by atoms with Crippen molar-refractivity contribution in [3.63, 3.8) is 0 Å². The van der Waals surface area contributed by atoms with Crippen molar-refractivity contribution >= 4 is 11.6 Å². The number of nitrogen functional groups attached to an aromatic ring is 1. The number of hydrogen-bond acceptors (Lipinski definition) is 4. The highest BCUT2D eigenvalue weighted by atomic mass is 16.5. The predicted molar refractivity (Wildman–Crippen MR) is 79.5 cm³/mol. The van der Waals surface area contributed by atoms with Gasteiger partial charge in [-0.2, -0.15) is 0 Å².